The molecule has 0 saturated heterocycles. The number of rotatable bonds is 6. The first kappa shape index (κ1) is 22.8. The molecule has 4 rings (SSSR count). The first-order chi connectivity index (χ1) is 15.2. The zero-order chi connectivity index (χ0) is 21.6. The SMILES string of the molecule is C.C=C/C=C(\C=C)c1cc(-c2ccccc2)cc(-c2cc(C)cc(-c3ccccc3)c2)c1. The van der Waals surface area contributed by atoms with E-state index in [-0.39, 0.29) is 7.43 Å². The van der Waals surface area contributed by atoms with E-state index in [1.807, 2.05) is 24.3 Å². The van der Waals surface area contributed by atoms with E-state index in [9.17, 15) is 0 Å². The van der Waals surface area contributed by atoms with Crippen LogP contribution < -0.4 is 0 Å². The Morgan fingerprint density at radius 1 is 0.594 bits per heavy atom. The van der Waals surface area contributed by atoms with E-state index in [1.54, 1.807) is 0 Å². The highest BCUT2D eigenvalue weighted by atomic mass is 14.1. The van der Waals surface area contributed by atoms with E-state index in [0.29, 0.717) is 0 Å². The van der Waals surface area contributed by atoms with Crippen LogP contribution in [0.25, 0.3) is 39.0 Å². The van der Waals surface area contributed by atoms with Gasteiger partial charge in [-0.05, 0) is 81.3 Å². The van der Waals surface area contributed by atoms with Gasteiger partial charge in [0.1, 0.15) is 0 Å². The second-order valence-corrected chi connectivity index (χ2v) is 7.68. The van der Waals surface area contributed by atoms with E-state index in [0.717, 1.165) is 11.1 Å². The Hall–Kier alpha value is -3.90. The first-order valence-corrected chi connectivity index (χ1v) is 10.5. The van der Waals surface area contributed by atoms with Crippen LogP contribution in [0.1, 0.15) is 18.6 Å². The molecule has 0 amide bonds. The normalized spacial score (nSPS) is 10.8. The van der Waals surface area contributed by atoms with Crippen LogP contribution in [0.2, 0.25) is 0 Å². The molecule has 32 heavy (non-hydrogen) atoms. The van der Waals surface area contributed by atoms with E-state index < -0.39 is 0 Å². The third-order valence-electron chi connectivity index (χ3n) is 5.41. The lowest BCUT2D eigenvalue weighted by Gasteiger charge is -2.13. The largest absolute Gasteiger partial charge is 0.0990 e. The van der Waals surface area contributed by atoms with Crippen LogP contribution in [-0.4, -0.2) is 0 Å². The van der Waals surface area contributed by atoms with Gasteiger partial charge in [0.25, 0.3) is 0 Å². The molecule has 0 aliphatic heterocycles. The minimum absolute atomic E-state index is 0. The lowest BCUT2D eigenvalue weighted by atomic mass is 9.91. The van der Waals surface area contributed by atoms with Gasteiger partial charge in [-0.15, -0.1) is 0 Å². The molecule has 0 unspecified atom stereocenters. The molecule has 4 aromatic rings. The van der Waals surface area contributed by atoms with Gasteiger partial charge in [0.2, 0.25) is 0 Å². The molecule has 0 radical (unpaired) electrons. The van der Waals surface area contributed by atoms with Crippen molar-refractivity contribution in [1.29, 1.82) is 0 Å². The second-order valence-electron chi connectivity index (χ2n) is 7.68. The average molecular weight is 415 g/mol. The second kappa shape index (κ2) is 10.4. The fraction of sp³-hybridized carbons (Fsp3) is 0.0625. The summed E-state index contributed by atoms with van der Waals surface area (Å²) in [6.45, 7) is 10.0. The monoisotopic (exact) mass is 414 g/mol. The zero-order valence-electron chi connectivity index (χ0n) is 17.9. The van der Waals surface area contributed by atoms with Crippen LogP contribution in [0.4, 0.5) is 0 Å². The summed E-state index contributed by atoms with van der Waals surface area (Å²) in [7, 11) is 0. The maximum Gasteiger partial charge on any atom is -0.0171 e. The lowest BCUT2D eigenvalue weighted by Crippen LogP contribution is -1.89. The van der Waals surface area contributed by atoms with Gasteiger partial charge in [-0.2, -0.15) is 0 Å². The van der Waals surface area contributed by atoms with Crippen molar-refractivity contribution in [3.8, 4) is 33.4 Å². The fourth-order valence-corrected chi connectivity index (χ4v) is 3.91. The fourth-order valence-electron chi connectivity index (χ4n) is 3.91. The lowest BCUT2D eigenvalue weighted by molar-refractivity contribution is 1.45. The predicted octanol–water partition coefficient (Wildman–Crippen LogP) is 9.39. The van der Waals surface area contributed by atoms with Crippen molar-refractivity contribution in [3.63, 3.8) is 0 Å². The van der Waals surface area contributed by atoms with E-state index in [1.165, 1.54) is 38.9 Å². The number of hydrogen-bond donors (Lipinski definition) is 0. The van der Waals surface area contributed by atoms with Crippen molar-refractivity contribution < 1.29 is 0 Å². The van der Waals surface area contributed by atoms with Gasteiger partial charge in [-0.25, -0.2) is 0 Å². The Balaban J connectivity index is 0.00000289. The molecule has 4 aromatic carbocycles. The number of hydrogen-bond acceptors (Lipinski definition) is 0. The Labute approximate surface area is 192 Å². The quantitative estimate of drug-likeness (QED) is 0.276. The van der Waals surface area contributed by atoms with Gasteiger partial charge >= 0.3 is 0 Å². The summed E-state index contributed by atoms with van der Waals surface area (Å²) in [5.74, 6) is 0. The van der Waals surface area contributed by atoms with Crippen molar-refractivity contribution in [1.82, 2.24) is 0 Å². The van der Waals surface area contributed by atoms with Gasteiger partial charge in [0, 0.05) is 0 Å². The van der Waals surface area contributed by atoms with Crippen molar-refractivity contribution in [3.05, 3.63) is 140 Å². The minimum atomic E-state index is 0. The summed E-state index contributed by atoms with van der Waals surface area (Å²) < 4.78 is 0. The molecule has 0 nitrogen and oxygen atoms in total. The number of allylic oxidation sites excluding steroid dienone is 4. The molecule has 0 fully saturated rings. The third kappa shape index (κ3) is 5.04. The molecule has 0 aromatic heterocycles. The van der Waals surface area contributed by atoms with E-state index in [2.05, 4.69) is 111 Å². The van der Waals surface area contributed by atoms with Crippen molar-refractivity contribution in [2.45, 2.75) is 14.4 Å². The van der Waals surface area contributed by atoms with Gasteiger partial charge in [-0.3, -0.25) is 0 Å². The highest BCUT2D eigenvalue weighted by Gasteiger charge is 2.09. The van der Waals surface area contributed by atoms with Gasteiger partial charge < -0.3 is 0 Å². The van der Waals surface area contributed by atoms with Crippen LogP contribution in [0, 0.1) is 6.92 Å². The van der Waals surface area contributed by atoms with Crippen molar-refractivity contribution in [2.75, 3.05) is 0 Å². The average Bonchev–Trinajstić information content (AvgIpc) is 2.83. The summed E-state index contributed by atoms with van der Waals surface area (Å²) in [6.07, 6.45) is 5.71. The topological polar surface area (TPSA) is 0 Å². The Kier molecular flexibility index (Phi) is 7.41. The molecule has 0 heterocycles. The van der Waals surface area contributed by atoms with Crippen molar-refractivity contribution >= 4 is 5.57 Å². The summed E-state index contributed by atoms with van der Waals surface area (Å²) in [5, 5.41) is 0. The standard InChI is InChI=1S/C31H26.CH4/c1-4-12-24(5-2)29-20-30(26-15-10-7-11-16-26)22-31(21-29)28-18-23(3)17-27(19-28)25-13-8-6-9-14-25;/h4-22H,1-2H2,3H3;1H4/b24-12+;. The summed E-state index contributed by atoms with van der Waals surface area (Å²) in [6, 6.07) is 34.6. The zero-order valence-corrected chi connectivity index (χ0v) is 17.9. The maximum absolute atomic E-state index is 4.01. The molecule has 0 saturated carbocycles. The van der Waals surface area contributed by atoms with Crippen LogP contribution in [0.5, 0.6) is 0 Å². The maximum atomic E-state index is 4.01. The minimum Gasteiger partial charge on any atom is -0.0990 e. The van der Waals surface area contributed by atoms with Crippen LogP contribution >= 0.6 is 0 Å². The molecule has 0 bridgehead atoms. The Morgan fingerprint density at radius 2 is 1.03 bits per heavy atom. The molecular weight excluding hydrogens is 384 g/mol. The van der Waals surface area contributed by atoms with Gasteiger partial charge in [-0.1, -0.05) is 112 Å². The van der Waals surface area contributed by atoms with E-state index in [4.69, 9.17) is 0 Å². The van der Waals surface area contributed by atoms with Gasteiger partial charge in [0.05, 0.1) is 0 Å². The predicted molar refractivity (Wildman–Crippen MR) is 143 cm³/mol. The molecule has 0 atom stereocenters. The first-order valence-electron chi connectivity index (χ1n) is 10.5. The smallest absolute Gasteiger partial charge is 0.0171 e. The highest BCUT2D eigenvalue weighted by molar-refractivity contribution is 5.84. The molecule has 0 heteroatoms. The highest BCUT2D eigenvalue weighted by Crippen LogP contribution is 2.34. The number of benzene rings is 4. The summed E-state index contributed by atoms with van der Waals surface area (Å²) in [5.41, 5.74) is 10.7. The molecule has 0 aliphatic rings. The number of aryl methyl sites for hydroxylation is 1. The molecule has 0 N–H and O–H groups in total. The van der Waals surface area contributed by atoms with Crippen LogP contribution in [-0.2, 0) is 0 Å². The third-order valence-corrected chi connectivity index (χ3v) is 5.41. The molecular formula is C32H30. The Morgan fingerprint density at radius 3 is 1.50 bits per heavy atom. The molecule has 0 spiro atoms. The van der Waals surface area contributed by atoms with E-state index >= 15 is 0 Å². The summed E-state index contributed by atoms with van der Waals surface area (Å²) in [4.78, 5) is 0. The molecule has 0 aliphatic carbocycles. The van der Waals surface area contributed by atoms with Crippen LogP contribution in [0.15, 0.2) is 128 Å². The van der Waals surface area contributed by atoms with Crippen molar-refractivity contribution in [2.24, 2.45) is 0 Å². The summed E-state index contributed by atoms with van der Waals surface area (Å²) >= 11 is 0. The van der Waals surface area contributed by atoms with Crippen LogP contribution in [0.3, 0.4) is 0 Å². The van der Waals surface area contributed by atoms with Gasteiger partial charge in [0.15, 0.2) is 0 Å². The molecule has 158 valence electrons. The Bertz CT molecular complexity index is 1240.